The van der Waals surface area contributed by atoms with E-state index in [1.165, 1.54) is 0 Å². The largest absolute Gasteiger partial charge is 0.505 e. The van der Waals surface area contributed by atoms with Crippen molar-refractivity contribution in [1.82, 2.24) is 0 Å². The van der Waals surface area contributed by atoms with Crippen molar-refractivity contribution in [3.05, 3.63) is 83.3 Å². The Balaban J connectivity index is 2.11. The van der Waals surface area contributed by atoms with Gasteiger partial charge in [-0.2, -0.15) is 0 Å². The van der Waals surface area contributed by atoms with Crippen molar-refractivity contribution >= 4 is 5.97 Å². The van der Waals surface area contributed by atoms with Crippen molar-refractivity contribution < 1.29 is 30.0 Å². The van der Waals surface area contributed by atoms with Crippen LogP contribution in [0.15, 0.2) is 72.2 Å². The Morgan fingerprint density at radius 2 is 1.38 bits per heavy atom. The molecule has 0 spiro atoms. The highest BCUT2D eigenvalue weighted by Gasteiger charge is 2.50. The van der Waals surface area contributed by atoms with Gasteiger partial charge in [0.25, 0.3) is 0 Å². The third kappa shape index (κ3) is 2.42. The summed E-state index contributed by atoms with van der Waals surface area (Å²) in [4.78, 5) is 11.4. The predicted octanol–water partition coefficient (Wildman–Crippen LogP) is 1.54. The van der Waals surface area contributed by atoms with Gasteiger partial charge >= 0.3 is 5.97 Å². The topological polar surface area (TPSA) is 107 Å². The van der Waals surface area contributed by atoms with Crippen molar-refractivity contribution in [2.24, 2.45) is 0 Å². The molecule has 0 aliphatic carbocycles. The Hall–Kier alpha value is -2.83. The van der Waals surface area contributed by atoms with E-state index in [1.54, 1.807) is 60.7 Å². The molecule has 2 aromatic rings. The number of hydrogen-bond donors (Lipinski definition) is 4. The first kappa shape index (κ1) is 16.0. The Morgan fingerprint density at radius 3 is 1.75 bits per heavy atom. The fourth-order valence-electron chi connectivity index (χ4n) is 2.79. The molecule has 3 rings (SSSR count). The lowest BCUT2D eigenvalue weighted by atomic mass is 9.79. The van der Waals surface area contributed by atoms with Crippen LogP contribution in [0.4, 0.5) is 0 Å². The number of hydrogen-bond acceptors (Lipinski definition) is 6. The quantitative estimate of drug-likeness (QED) is 0.634. The first-order valence-corrected chi connectivity index (χ1v) is 7.31. The molecular weight excluding hydrogens is 312 g/mol. The van der Waals surface area contributed by atoms with Gasteiger partial charge in [0.15, 0.2) is 11.9 Å². The fourth-order valence-corrected chi connectivity index (χ4v) is 2.79. The molecule has 0 radical (unpaired) electrons. The smallest absolute Gasteiger partial charge is 0.377 e. The number of benzene rings is 2. The summed E-state index contributed by atoms with van der Waals surface area (Å²) in [7, 11) is 0. The number of carbonyl (C=O) groups is 1. The minimum Gasteiger partial charge on any atom is -0.505 e. The average molecular weight is 328 g/mol. The second-order valence-corrected chi connectivity index (χ2v) is 5.50. The molecular formula is C18H16O6. The van der Waals surface area contributed by atoms with E-state index >= 15 is 0 Å². The molecule has 124 valence electrons. The van der Waals surface area contributed by atoms with Crippen LogP contribution >= 0.6 is 0 Å². The second-order valence-electron chi connectivity index (χ2n) is 5.50. The van der Waals surface area contributed by atoms with Gasteiger partial charge in [0.05, 0.1) is 0 Å². The van der Waals surface area contributed by atoms with Gasteiger partial charge < -0.3 is 25.2 Å². The van der Waals surface area contributed by atoms with Crippen LogP contribution in [0.25, 0.3) is 0 Å². The minimum absolute atomic E-state index is 0.346. The Labute approximate surface area is 137 Å². The normalized spacial score (nSPS) is 19.2. The van der Waals surface area contributed by atoms with Gasteiger partial charge in [0.2, 0.25) is 5.76 Å². The monoisotopic (exact) mass is 328 g/mol. The van der Waals surface area contributed by atoms with Crippen LogP contribution in [0, 0.1) is 0 Å². The van der Waals surface area contributed by atoms with Crippen molar-refractivity contribution in [3.63, 3.8) is 0 Å². The van der Waals surface area contributed by atoms with Crippen LogP contribution in [0.1, 0.15) is 11.1 Å². The molecule has 0 aromatic heterocycles. The highest BCUT2D eigenvalue weighted by molar-refractivity contribution is 5.89. The van der Waals surface area contributed by atoms with E-state index in [9.17, 15) is 25.2 Å². The maximum absolute atomic E-state index is 11.4. The molecule has 6 nitrogen and oxygen atoms in total. The van der Waals surface area contributed by atoms with Gasteiger partial charge in [-0.05, 0) is 11.1 Å². The molecule has 1 heterocycles. The maximum atomic E-state index is 11.4. The first-order chi connectivity index (χ1) is 11.5. The molecule has 0 saturated heterocycles. The number of aliphatic hydroxyl groups is 4. The van der Waals surface area contributed by atoms with E-state index in [1.807, 2.05) is 0 Å². The van der Waals surface area contributed by atoms with Crippen molar-refractivity contribution in [3.8, 4) is 0 Å². The number of carbonyl (C=O) groups excluding carboxylic acids is 1. The van der Waals surface area contributed by atoms with Crippen LogP contribution in [0.2, 0.25) is 0 Å². The Kier molecular flexibility index (Phi) is 4.01. The molecule has 4 N–H and O–H groups in total. The summed E-state index contributed by atoms with van der Waals surface area (Å²) in [5.41, 5.74) is -1.27. The van der Waals surface area contributed by atoms with Crippen molar-refractivity contribution in [2.45, 2.75) is 17.8 Å². The van der Waals surface area contributed by atoms with Crippen LogP contribution in [0.5, 0.6) is 0 Å². The van der Waals surface area contributed by atoms with Crippen LogP contribution in [-0.2, 0) is 15.1 Å². The number of ether oxygens (including phenoxy) is 1. The van der Waals surface area contributed by atoms with E-state index in [2.05, 4.69) is 0 Å². The number of esters is 1. The molecule has 0 amide bonds. The van der Waals surface area contributed by atoms with E-state index in [-0.39, 0.29) is 0 Å². The minimum atomic E-state index is -1.97. The van der Waals surface area contributed by atoms with Crippen LogP contribution < -0.4 is 0 Å². The van der Waals surface area contributed by atoms with Gasteiger partial charge in [-0.15, -0.1) is 0 Å². The third-order valence-corrected chi connectivity index (χ3v) is 4.08. The summed E-state index contributed by atoms with van der Waals surface area (Å²) in [6, 6.07) is 16.7. The van der Waals surface area contributed by atoms with Crippen molar-refractivity contribution in [1.29, 1.82) is 0 Å². The number of aliphatic hydroxyl groups excluding tert-OH is 3. The van der Waals surface area contributed by atoms with E-state index in [0.29, 0.717) is 11.1 Å². The van der Waals surface area contributed by atoms with Gasteiger partial charge in [-0.3, -0.25) is 0 Å². The summed E-state index contributed by atoms with van der Waals surface area (Å²) < 4.78 is 4.81. The van der Waals surface area contributed by atoms with Crippen molar-refractivity contribution in [2.75, 3.05) is 0 Å². The summed E-state index contributed by atoms with van der Waals surface area (Å²) in [6.45, 7) is 0. The zero-order valence-electron chi connectivity index (χ0n) is 12.5. The van der Waals surface area contributed by atoms with Crippen LogP contribution in [0.3, 0.4) is 0 Å². The summed E-state index contributed by atoms with van der Waals surface area (Å²) in [5.74, 6) is -2.93. The third-order valence-electron chi connectivity index (χ3n) is 4.08. The Morgan fingerprint density at radius 1 is 0.917 bits per heavy atom. The molecule has 0 saturated carbocycles. The zero-order chi connectivity index (χ0) is 17.3. The van der Waals surface area contributed by atoms with Gasteiger partial charge in [-0.25, -0.2) is 4.79 Å². The fraction of sp³-hybridized carbons (Fsp3) is 0.167. The maximum Gasteiger partial charge on any atom is 0.377 e. The Bertz CT molecular complexity index is 729. The van der Waals surface area contributed by atoms with E-state index < -0.39 is 35.3 Å². The predicted molar refractivity (Wildman–Crippen MR) is 84.1 cm³/mol. The highest BCUT2D eigenvalue weighted by atomic mass is 16.6. The molecule has 2 atom stereocenters. The number of rotatable bonds is 4. The standard InChI is InChI=1S/C18H16O6/c19-13-14(20)17(22)24-15(13)16(21)18(23,11-7-3-1-4-8-11)12-9-5-2-6-10-12/h1-10,15-16,19-21,23H/t15-,16+/m0/s1. The lowest BCUT2D eigenvalue weighted by molar-refractivity contribution is -0.156. The molecule has 24 heavy (non-hydrogen) atoms. The van der Waals surface area contributed by atoms with Crippen LogP contribution in [-0.4, -0.2) is 38.6 Å². The second kappa shape index (κ2) is 5.99. The lowest BCUT2D eigenvalue weighted by Crippen LogP contribution is -2.48. The zero-order valence-corrected chi connectivity index (χ0v) is 12.5. The summed E-state index contributed by atoms with van der Waals surface area (Å²) in [5, 5.41) is 41.4. The lowest BCUT2D eigenvalue weighted by Gasteiger charge is -2.36. The number of cyclic esters (lactones) is 1. The SMILES string of the molecule is O=C1O[C@H]([C@@H](O)C(O)(c2ccccc2)c2ccccc2)C(O)=C1O. The highest BCUT2D eigenvalue weighted by Crippen LogP contribution is 2.38. The summed E-state index contributed by atoms with van der Waals surface area (Å²) in [6.07, 6.45) is -3.32. The van der Waals surface area contributed by atoms with Gasteiger partial charge in [-0.1, -0.05) is 60.7 Å². The molecule has 2 aromatic carbocycles. The van der Waals surface area contributed by atoms with E-state index in [0.717, 1.165) is 0 Å². The molecule has 6 heteroatoms. The molecule has 0 unspecified atom stereocenters. The first-order valence-electron chi connectivity index (χ1n) is 7.31. The molecule has 1 aliphatic heterocycles. The average Bonchev–Trinajstić information content (AvgIpc) is 2.89. The molecule has 1 aliphatic rings. The van der Waals surface area contributed by atoms with Gasteiger partial charge in [0, 0.05) is 0 Å². The molecule has 0 fully saturated rings. The van der Waals surface area contributed by atoms with E-state index in [4.69, 9.17) is 4.74 Å². The molecule has 0 bridgehead atoms. The summed E-state index contributed by atoms with van der Waals surface area (Å²) >= 11 is 0. The van der Waals surface area contributed by atoms with Gasteiger partial charge in [0.1, 0.15) is 11.7 Å².